The Hall–Kier alpha value is -0.580. The quantitative estimate of drug-likeness (QED) is 0.691. The van der Waals surface area contributed by atoms with Crippen molar-refractivity contribution in [3.8, 4) is 5.75 Å². The fourth-order valence-electron chi connectivity index (χ4n) is 2.05. The minimum Gasteiger partial charge on any atom is -0.506 e. The van der Waals surface area contributed by atoms with E-state index in [1.807, 2.05) is 18.2 Å². The van der Waals surface area contributed by atoms with Crippen LogP contribution in [-0.4, -0.2) is 23.4 Å². The highest BCUT2D eigenvalue weighted by molar-refractivity contribution is 9.10. The molecule has 0 bridgehead atoms. The second-order valence-corrected chi connectivity index (χ2v) is 5.40. The van der Waals surface area contributed by atoms with E-state index < -0.39 is 0 Å². The van der Waals surface area contributed by atoms with Gasteiger partial charge in [0.05, 0.1) is 4.47 Å². The molecule has 0 aromatic heterocycles. The zero-order valence-electron chi connectivity index (χ0n) is 10.8. The van der Waals surface area contributed by atoms with Gasteiger partial charge < -0.3 is 15.5 Å². The first kappa shape index (κ1) is 15.5. The third-order valence-electron chi connectivity index (χ3n) is 3.05. The zero-order valence-corrected chi connectivity index (χ0v) is 12.4. The van der Waals surface area contributed by atoms with E-state index >= 15 is 0 Å². The summed E-state index contributed by atoms with van der Waals surface area (Å²) in [6, 6.07) is 5.65. The van der Waals surface area contributed by atoms with Crippen molar-refractivity contribution < 1.29 is 10.2 Å². The molecule has 0 heterocycles. The lowest BCUT2D eigenvalue weighted by atomic mass is 10.00. The molecule has 0 aliphatic heterocycles. The predicted molar refractivity (Wildman–Crippen MR) is 77.6 cm³/mol. The Kier molecular flexibility index (Phi) is 7.32. The first-order valence-corrected chi connectivity index (χ1v) is 7.26. The van der Waals surface area contributed by atoms with Crippen molar-refractivity contribution in [2.75, 3.05) is 13.2 Å². The molecule has 3 nitrogen and oxygen atoms in total. The van der Waals surface area contributed by atoms with Crippen LogP contribution in [-0.2, 0) is 6.54 Å². The van der Waals surface area contributed by atoms with Gasteiger partial charge in [-0.1, -0.05) is 25.5 Å². The number of nitrogens with one attached hydrogen (secondary N) is 1. The number of benzene rings is 1. The fraction of sp³-hybridized carbons (Fsp3) is 0.571. The summed E-state index contributed by atoms with van der Waals surface area (Å²) in [7, 11) is 0. The van der Waals surface area contributed by atoms with Crippen LogP contribution in [0.25, 0.3) is 0 Å². The number of aliphatic hydroxyl groups excluding tert-OH is 1. The van der Waals surface area contributed by atoms with Gasteiger partial charge in [0.2, 0.25) is 0 Å². The number of rotatable bonds is 8. The lowest BCUT2D eigenvalue weighted by molar-refractivity contribution is 0.248. The predicted octanol–water partition coefficient (Wildman–Crippen LogP) is 3.04. The van der Waals surface area contributed by atoms with E-state index in [1.165, 1.54) is 0 Å². The van der Waals surface area contributed by atoms with Gasteiger partial charge >= 0.3 is 0 Å². The molecule has 0 spiro atoms. The summed E-state index contributed by atoms with van der Waals surface area (Å²) >= 11 is 3.31. The molecular formula is C14H22BrNO2. The summed E-state index contributed by atoms with van der Waals surface area (Å²) < 4.78 is 0.724. The molecule has 4 heteroatoms. The Labute approximate surface area is 117 Å². The molecule has 1 unspecified atom stereocenters. The minimum atomic E-state index is 0.245. The van der Waals surface area contributed by atoms with Crippen molar-refractivity contribution in [1.82, 2.24) is 5.32 Å². The summed E-state index contributed by atoms with van der Waals surface area (Å²) in [5.74, 6) is 0.813. The van der Waals surface area contributed by atoms with Crippen LogP contribution in [0.2, 0.25) is 0 Å². The molecule has 0 fully saturated rings. The van der Waals surface area contributed by atoms with Gasteiger partial charge in [0.25, 0.3) is 0 Å². The van der Waals surface area contributed by atoms with E-state index in [0.29, 0.717) is 18.2 Å². The minimum absolute atomic E-state index is 0.245. The number of phenolic OH excluding ortho intramolecular Hbond substituents is 1. The molecule has 1 aromatic rings. The second kappa shape index (κ2) is 8.51. The molecular weight excluding hydrogens is 294 g/mol. The summed E-state index contributed by atoms with van der Waals surface area (Å²) in [4.78, 5) is 0. The van der Waals surface area contributed by atoms with Gasteiger partial charge in [-0.05, 0) is 47.3 Å². The molecule has 1 rings (SSSR count). The van der Waals surface area contributed by atoms with Crippen LogP contribution in [0.1, 0.15) is 31.7 Å². The number of aromatic hydroxyl groups is 1. The van der Waals surface area contributed by atoms with E-state index in [4.69, 9.17) is 5.11 Å². The molecule has 18 heavy (non-hydrogen) atoms. The lowest BCUT2D eigenvalue weighted by Crippen LogP contribution is -2.23. The maximum atomic E-state index is 9.84. The first-order chi connectivity index (χ1) is 8.69. The Morgan fingerprint density at radius 3 is 2.78 bits per heavy atom. The highest BCUT2D eigenvalue weighted by Crippen LogP contribution is 2.27. The normalized spacial score (nSPS) is 12.6. The largest absolute Gasteiger partial charge is 0.506 e. The van der Waals surface area contributed by atoms with Crippen LogP contribution in [0.15, 0.2) is 22.7 Å². The van der Waals surface area contributed by atoms with Crippen molar-refractivity contribution in [2.24, 2.45) is 5.92 Å². The zero-order chi connectivity index (χ0) is 13.4. The van der Waals surface area contributed by atoms with Crippen LogP contribution in [0.5, 0.6) is 5.75 Å². The molecule has 3 N–H and O–H groups in total. The number of hydrogen-bond donors (Lipinski definition) is 3. The maximum absolute atomic E-state index is 9.84. The smallest absolute Gasteiger partial charge is 0.134 e. The van der Waals surface area contributed by atoms with Gasteiger partial charge in [-0.2, -0.15) is 0 Å². The third-order valence-corrected chi connectivity index (χ3v) is 3.69. The maximum Gasteiger partial charge on any atom is 0.134 e. The second-order valence-electron chi connectivity index (χ2n) is 4.55. The van der Waals surface area contributed by atoms with E-state index in [0.717, 1.165) is 35.8 Å². The van der Waals surface area contributed by atoms with Crippen LogP contribution in [0.3, 0.4) is 0 Å². The average molecular weight is 316 g/mol. The molecule has 1 aromatic carbocycles. The molecule has 0 amide bonds. The summed E-state index contributed by atoms with van der Waals surface area (Å²) in [5, 5.41) is 22.2. The van der Waals surface area contributed by atoms with Gasteiger partial charge in [-0.3, -0.25) is 0 Å². The van der Waals surface area contributed by atoms with Crippen molar-refractivity contribution in [3.63, 3.8) is 0 Å². The van der Waals surface area contributed by atoms with E-state index in [2.05, 4.69) is 28.2 Å². The SMILES string of the molecule is CCCC(CCO)CNCc1cccc(Br)c1O. The van der Waals surface area contributed by atoms with Crippen LogP contribution < -0.4 is 5.32 Å². The monoisotopic (exact) mass is 315 g/mol. The van der Waals surface area contributed by atoms with Crippen LogP contribution in [0, 0.1) is 5.92 Å². The van der Waals surface area contributed by atoms with Gasteiger partial charge in [0.1, 0.15) is 5.75 Å². The lowest BCUT2D eigenvalue weighted by Gasteiger charge is -2.16. The Morgan fingerprint density at radius 2 is 2.11 bits per heavy atom. The average Bonchev–Trinajstić information content (AvgIpc) is 2.35. The topological polar surface area (TPSA) is 52.5 Å². The molecule has 0 aliphatic rings. The summed E-state index contributed by atoms with van der Waals surface area (Å²) in [5.41, 5.74) is 0.892. The Balaban J connectivity index is 2.42. The van der Waals surface area contributed by atoms with Gasteiger partial charge in [0, 0.05) is 18.7 Å². The number of halogens is 1. The van der Waals surface area contributed by atoms with Crippen molar-refractivity contribution in [3.05, 3.63) is 28.2 Å². The number of para-hydroxylation sites is 1. The van der Waals surface area contributed by atoms with Gasteiger partial charge in [-0.15, -0.1) is 0 Å². The number of aliphatic hydroxyl groups is 1. The molecule has 0 aliphatic carbocycles. The van der Waals surface area contributed by atoms with Crippen LogP contribution in [0.4, 0.5) is 0 Å². The van der Waals surface area contributed by atoms with E-state index in [-0.39, 0.29) is 6.61 Å². The molecule has 1 atom stereocenters. The standard InChI is InChI=1S/C14H22BrNO2/c1-2-4-11(7-8-17)9-16-10-12-5-3-6-13(15)14(12)18/h3,5-6,11,16-18H,2,4,7-10H2,1H3. The molecule has 102 valence electrons. The van der Waals surface area contributed by atoms with E-state index in [1.54, 1.807) is 0 Å². The molecule has 0 radical (unpaired) electrons. The summed E-state index contributed by atoms with van der Waals surface area (Å²) in [6.07, 6.45) is 3.10. The highest BCUT2D eigenvalue weighted by atomic mass is 79.9. The van der Waals surface area contributed by atoms with E-state index in [9.17, 15) is 5.11 Å². The number of phenols is 1. The first-order valence-electron chi connectivity index (χ1n) is 6.47. The molecule has 0 saturated heterocycles. The van der Waals surface area contributed by atoms with Gasteiger partial charge in [0.15, 0.2) is 0 Å². The fourth-order valence-corrected chi connectivity index (χ4v) is 2.46. The third kappa shape index (κ3) is 4.96. The van der Waals surface area contributed by atoms with Crippen molar-refractivity contribution in [2.45, 2.75) is 32.7 Å². The Bertz CT molecular complexity index is 352. The van der Waals surface area contributed by atoms with Gasteiger partial charge in [-0.25, -0.2) is 0 Å². The Morgan fingerprint density at radius 1 is 1.33 bits per heavy atom. The van der Waals surface area contributed by atoms with Crippen LogP contribution >= 0.6 is 15.9 Å². The van der Waals surface area contributed by atoms with Crippen molar-refractivity contribution >= 4 is 15.9 Å². The van der Waals surface area contributed by atoms with Crippen molar-refractivity contribution in [1.29, 1.82) is 0 Å². The highest BCUT2D eigenvalue weighted by Gasteiger charge is 2.08. The number of hydrogen-bond acceptors (Lipinski definition) is 3. The molecule has 0 saturated carbocycles. The summed E-state index contributed by atoms with van der Waals surface area (Å²) in [6.45, 7) is 3.93.